The van der Waals surface area contributed by atoms with E-state index in [9.17, 15) is 20.1 Å². The number of benzene rings is 1. The summed E-state index contributed by atoms with van der Waals surface area (Å²) >= 11 is 0. The van der Waals surface area contributed by atoms with E-state index in [4.69, 9.17) is 14.2 Å². The van der Waals surface area contributed by atoms with Crippen molar-refractivity contribution in [2.75, 3.05) is 0 Å². The molecule has 1 aliphatic heterocycles. The van der Waals surface area contributed by atoms with E-state index in [2.05, 4.69) is 33.8 Å². The molecule has 3 aliphatic rings. The van der Waals surface area contributed by atoms with Crippen LogP contribution in [0.25, 0.3) is 0 Å². The first-order valence-corrected chi connectivity index (χ1v) is 12.8. The predicted molar refractivity (Wildman–Crippen MR) is 132 cm³/mol. The Morgan fingerprint density at radius 1 is 1.03 bits per heavy atom. The molecule has 0 saturated carbocycles. The number of allylic oxidation sites excluding steroid dienone is 2. The number of aromatic hydroxyl groups is 1. The fraction of sp³-hybridized carbons (Fsp3) is 0.679. The third-order valence-corrected chi connectivity index (χ3v) is 8.10. The number of aliphatic hydroxyl groups excluding tert-OH is 2. The largest absolute Gasteiger partial charge is 0.504 e. The number of carbonyl (C=O) groups is 1. The molecule has 0 amide bonds. The van der Waals surface area contributed by atoms with Crippen molar-refractivity contribution in [1.82, 2.24) is 0 Å². The van der Waals surface area contributed by atoms with Crippen LogP contribution in [0, 0.1) is 12.8 Å². The van der Waals surface area contributed by atoms with Gasteiger partial charge in [0.15, 0.2) is 17.6 Å². The molecule has 194 valence electrons. The number of phenolic OH excluding ortho intramolecular Hbond substituents is 1. The zero-order valence-electron chi connectivity index (χ0n) is 21.9. The summed E-state index contributed by atoms with van der Waals surface area (Å²) in [5.41, 5.74) is 5.50. The molecule has 0 bridgehead atoms. The Hall–Kier alpha value is -2.09. The van der Waals surface area contributed by atoms with Crippen molar-refractivity contribution >= 4 is 5.97 Å². The lowest BCUT2D eigenvalue weighted by Crippen LogP contribution is -2.59. The second-order valence-corrected chi connectivity index (χ2v) is 11.1. The number of esters is 1. The molecule has 4 rings (SSSR count). The minimum Gasteiger partial charge on any atom is -0.504 e. The van der Waals surface area contributed by atoms with Crippen LogP contribution in [0.5, 0.6) is 11.5 Å². The van der Waals surface area contributed by atoms with Gasteiger partial charge in [-0.1, -0.05) is 25.5 Å². The second-order valence-electron chi connectivity index (χ2n) is 11.1. The molecule has 1 heterocycles. The van der Waals surface area contributed by atoms with E-state index in [0.717, 1.165) is 30.4 Å². The molecule has 0 radical (unpaired) electrons. The number of hydrogen-bond acceptors (Lipinski definition) is 7. The van der Waals surface area contributed by atoms with Crippen LogP contribution in [0.2, 0.25) is 0 Å². The molecular weight excluding hydrogens is 448 g/mol. The first-order chi connectivity index (χ1) is 16.4. The van der Waals surface area contributed by atoms with Gasteiger partial charge in [-0.15, -0.1) is 0 Å². The number of hydrogen-bond donors (Lipinski definition) is 3. The van der Waals surface area contributed by atoms with Crippen molar-refractivity contribution in [3.05, 3.63) is 33.9 Å². The van der Waals surface area contributed by atoms with E-state index < -0.39 is 36.7 Å². The number of phenols is 1. The molecule has 1 aromatic carbocycles. The Bertz CT molecular complexity index is 1010. The number of ether oxygens (including phenoxy) is 3. The summed E-state index contributed by atoms with van der Waals surface area (Å²) in [6.07, 6.45) is -0.333. The summed E-state index contributed by atoms with van der Waals surface area (Å²) in [6.45, 7) is 13.5. The van der Waals surface area contributed by atoms with Crippen LogP contribution >= 0.6 is 0 Å². The molecule has 7 heteroatoms. The third-order valence-electron chi connectivity index (χ3n) is 8.10. The van der Waals surface area contributed by atoms with Gasteiger partial charge in [0.25, 0.3) is 0 Å². The van der Waals surface area contributed by atoms with Gasteiger partial charge in [-0.3, -0.25) is 4.79 Å². The second kappa shape index (κ2) is 9.75. The smallest absolute Gasteiger partial charge is 0.303 e. The molecule has 1 fully saturated rings. The molecule has 1 saturated heterocycles. The van der Waals surface area contributed by atoms with Crippen molar-refractivity contribution < 1.29 is 34.3 Å². The maximum absolute atomic E-state index is 11.4. The lowest BCUT2D eigenvalue weighted by Gasteiger charge is -2.45. The molecule has 0 unspecified atom stereocenters. The van der Waals surface area contributed by atoms with Gasteiger partial charge in [-0.25, -0.2) is 0 Å². The quantitative estimate of drug-likeness (QED) is 0.422. The Morgan fingerprint density at radius 3 is 2.34 bits per heavy atom. The highest BCUT2D eigenvalue weighted by Crippen LogP contribution is 2.58. The van der Waals surface area contributed by atoms with Crippen molar-refractivity contribution in [1.29, 1.82) is 0 Å². The van der Waals surface area contributed by atoms with Crippen molar-refractivity contribution in [3.63, 3.8) is 0 Å². The van der Waals surface area contributed by atoms with Gasteiger partial charge in [0, 0.05) is 18.4 Å². The summed E-state index contributed by atoms with van der Waals surface area (Å²) < 4.78 is 17.3. The summed E-state index contributed by atoms with van der Waals surface area (Å²) in [7, 11) is 0. The van der Waals surface area contributed by atoms with Crippen LogP contribution in [-0.2, 0) is 14.3 Å². The van der Waals surface area contributed by atoms with E-state index in [-0.39, 0.29) is 17.6 Å². The average molecular weight is 489 g/mol. The molecule has 1 aromatic rings. The van der Waals surface area contributed by atoms with Crippen LogP contribution < -0.4 is 4.74 Å². The van der Waals surface area contributed by atoms with Gasteiger partial charge in [0.1, 0.15) is 12.2 Å². The minimum atomic E-state index is -1.45. The standard InChI is InChI=1S/C28H40O7/c1-12(2)10-18-11-14(4)19-9-8-13(3)20-22(19)21(18)15(5)23(30)27(20)35-28-25(32)24(31)26(16(6)33-28)34-17(7)29/h10,13-14,16,18-19,24-26,28,30-32H,8-9,11H2,1-7H3/t13-,14+,16+,18+,19-,24+,25+,26-,28+/m1/s1. The number of carbonyl (C=O) groups excluding carboxylic acids is 1. The first-order valence-electron chi connectivity index (χ1n) is 12.8. The van der Waals surface area contributed by atoms with Crippen molar-refractivity contribution in [2.45, 2.75) is 116 Å². The van der Waals surface area contributed by atoms with E-state index in [0.29, 0.717) is 17.6 Å². The highest BCUT2D eigenvalue weighted by atomic mass is 16.7. The Kier molecular flexibility index (Phi) is 7.24. The number of aliphatic hydroxyl groups is 2. The number of rotatable bonds is 4. The Morgan fingerprint density at radius 2 is 1.71 bits per heavy atom. The highest BCUT2D eigenvalue weighted by Gasteiger charge is 2.47. The lowest BCUT2D eigenvalue weighted by atomic mass is 9.62. The molecule has 0 aromatic heterocycles. The van der Waals surface area contributed by atoms with Crippen LogP contribution in [-0.4, -0.2) is 52.0 Å². The zero-order chi connectivity index (χ0) is 25.8. The van der Waals surface area contributed by atoms with Gasteiger partial charge in [0.05, 0.1) is 6.10 Å². The van der Waals surface area contributed by atoms with Crippen LogP contribution in [0.3, 0.4) is 0 Å². The molecule has 0 spiro atoms. The fourth-order valence-corrected chi connectivity index (χ4v) is 6.48. The Labute approximate surface area is 208 Å². The monoisotopic (exact) mass is 488 g/mol. The maximum atomic E-state index is 11.4. The first kappa shape index (κ1) is 26.0. The lowest BCUT2D eigenvalue weighted by molar-refractivity contribution is -0.272. The van der Waals surface area contributed by atoms with E-state index >= 15 is 0 Å². The summed E-state index contributed by atoms with van der Waals surface area (Å²) in [5.74, 6) is 1.10. The van der Waals surface area contributed by atoms with Gasteiger partial charge in [-0.2, -0.15) is 0 Å². The summed E-state index contributed by atoms with van der Waals surface area (Å²) in [6, 6.07) is 0. The Balaban J connectivity index is 1.79. The molecule has 9 atom stereocenters. The van der Waals surface area contributed by atoms with Gasteiger partial charge < -0.3 is 29.5 Å². The van der Waals surface area contributed by atoms with Crippen LogP contribution in [0.15, 0.2) is 11.6 Å². The molecular formula is C28H40O7. The zero-order valence-corrected chi connectivity index (χ0v) is 21.9. The van der Waals surface area contributed by atoms with Crippen LogP contribution in [0.1, 0.15) is 101 Å². The molecule has 35 heavy (non-hydrogen) atoms. The summed E-state index contributed by atoms with van der Waals surface area (Å²) in [4.78, 5) is 11.4. The van der Waals surface area contributed by atoms with Gasteiger partial charge in [-0.05, 0) is 81.4 Å². The topological polar surface area (TPSA) is 105 Å². The maximum Gasteiger partial charge on any atom is 0.303 e. The van der Waals surface area contributed by atoms with E-state index in [1.165, 1.54) is 23.6 Å². The molecule has 7 nitrogen and oxygen atoms in total. The minimum absolute atomic E-state index is 0.0630. The SMILES string of the molecule is CC(=O)O[C@H]1[C@@H](O)[C@H](O)[C@H](Oc2c(O)c(C)c3c4c2[C@H](C)CC[C@@H]4[C@@H](C)C[C@@H]3C=C(C)C)O[C@H]1C. The molecule has 2 aliphatic carbocycles. The summed E-state index contributed by atoms with van der Waals surface area (Å²) in [5, 5.41) is 32.9. The normalized spacial score (nSPS) is 36.2. The van der Waals surface area contributed by atoms with Crippen molar-refractivity contribution in [3.8, 4) is 11.5 Å². The van der Waals surface area contributed by atoms with Gasteiger partial charge in [0.2, 0.25) is 6.29 Å². The van der Waals surface area contributed by atoms with Gasteiger partial charge >= 0.3 is 5.97 Å². The predicted octanol–water partition coefficient (Wildman–Crippen LogP) is 4.55. The van der Waals surface area contributed by atoms with E-state index in [1.54, 1.807) is 6.92 Å². The fourth-order valence-electron chi connectivity index (χ4n) is 6.48. The average Bonchev–Trinajstić information content (AvgIpc) is 2.76. The van der Waals surface area contributed by atoms with E-state index in [1.807, 2.05) is 6.92 Å². The molecule has 3 N–H and O–H groups in total. The highest BCUT2D eigenvalue weighted by molar-refractivity contribution is 5.66. The van der Waals surface area contributed by atoms with Crippen molar-refractivity contribution in [2.24, 2.45) is 5.92 Å². The van der Waals surface area contributed by atoms with Crippen LogP contribution in [0.4, 0.5) is 0 Å². The third kappa shape index (κ3) is 4.58.